The predicted octanol–water partition coefficient (Wildman–Crippen LogP) is 0.192. The molecule has 0 saturated carbocycles. The zero-order valence-electron chi connectivity index (χ0n) is 10.4. The van der Waals surface area contributed by atoms with Crippen LogP contribution in [0.5, 0.6) is 0 Å². The first-order valence-electron chi connectivity index (χ1n) is 5.53. The summed E-state index contributed by atoms with van der Waals surface area (Å²) in [5.41, 5.74) is 3.05. The van der Waals surface area contributed by atoms with E-state index in [4.69, 9.17) is 0 Å². The van der Waals surface area contributed by atoms with Gasteiger partial charge in [-0.2, -0.15) is 0 Å². The van der Waals surface area contributed by atoms with Gasteiger partial charge in [0.05, 0.1) is 25.3 Å². The molecule has 105 valence electrons. The van der Waals surface area contributed by atoms with Gasteiger partial charge in [0.15, 0.2) is 46.8 Å². The second-order valence-corrected chi connectivity index (χ2v) is 4.60. The van der Waals surface area contributed by atoms with Crippen molar-refractivity contribution in [1.82, 2.24) is 39.9 Å². The second-order valence-electron chi connectivity index (χ2n) is 3.70. The second kappa shape index (κ2) is 6.68. The van der Waals surface area contributed by atoms with Gasteiger partial charge in [-0.15, -0.1) is 0 Å². The number of rotatable bonds is 0. The molecule has 4 rings (SSSR count). The van der Waals surface area contributed by atoms with Gasteiger partial charge in [-0.25, -0.2) is 19.9 Å². The van der Waals surface area contributed by atoms with Crippen molar-refractivity contribution in [2.75, 3.05) is 0 Å². The summed E-state index contributed by atoms with van der Waals surface area (Å²) in [6, 6.07) is 0. The number of H-pyrrole nitrogens is 4. The number of imidazole rings is 2. The summed E-state index contributed by atoms with van der Waals surface area (Å²) < 4.78 is 1.50. The summed E-state index contributed by atoms with van der Waals surface area (Å²) in [4.78, 5) is 27.3. The van der Waals surface area contributed by atoms with Crippen LogP contribution in [0.1, 0.15) is 0 Å². The Morgan fingerprint density at radius 1 is 0.619 bits per heavy atom. The van der Waals surface area contributed by atoms with E-state index in [0.717, 1.165) is 20.3 Å². The molecule has 0 atom stereocenters. The van der Waals surface area contributed by atoms with Crippen molar-refractivity contribution in [1.29, 1.82) is 0 Å². The fourth-order valence-electron chi connectivity index (χ4n) is 1.57. The molecule has 0 amide bonds. The van der Waals surface area contributed by atoms with Crippen LogP contribution in [0.3, 0.4) is 0 Å². The third kappa shape index (κ3) is 3.22. The van der Waals surface area contributed by atoms with E-state index >= 15 is 0 Å². The van der Waals surface area contributed by atoms with E-state index in [9.17, 15) is 0 Å². The number of nitrogens with one attached hydrogen (secondary N) is 4. The van der Waals surface area contributed by atoms with Gasteiger partial charge in [0.2, 0.25) is 0 Å². The molecule has 4 N–H and O–H groups in total. The maximum absolute atomic E-state index is 4.15. The van der Waals surface area contributed by atoms with E-state index in [2.05, 4.69) is 64.3 Å². The van der Waals surface area contributed by atoms with Gasteiger partial charge in [0.25, 0.3) is 0 Å². The standard InChI is InChI=1S/2C5H4N4S.Mn/c2*10-5-3-4(7-1-6-3)8-2-9-5;/h2*1-2H,(H2,6,7,8,9,10);/q;;+2/p+2. The Bertz CT molecular complexity index is 888. The van der Waals surface area contributed by atoms with E-state index in [0.29, 0.717) is 11.3 Å². The predicted molar refractivity (Wildman–Crippen MR) is 80.5 cm³/mol. The van der Waals surface area contributed by atoms with Crippen LogP contribution in [0.2, 0.25) is 0 Å². The molecule has 4 heterocycles. The van der Waals surface area contributed by atoms with Crippen LogP contribution < -0.4 is 0 Å². The number of nitrogens with zero attached hydrogens (tertiary/aromatic N) is 4. The average molecular weight is 361 g/mol. The first-order valence-corrected chi connectivity index (χ1v) is 6.42. The molecule has 0 unspecified atom stereocenters. The number of thiol groups is 2. The van der Waals surface area contributed by atoms with E-state index in [1.54, 1.807) is 25.3 Å². The Labute approximate surface area is 138 Å². The van der Waals surface area contributed by atoms with Crippen molar-refractivity contribution in [2.24, 2.45) is 0 Å². The van der Waals surface area contributed by atoms with Crippen molar-refractivity contribution < 1.29 is 17.1 Å². The van der Waals surface area contributed by atoms with Gasteiger partial charge in [-0.05, 0) is 0 Å². The van der Waals surface area contributed by atoms with Crippen molar-refractivity contribution in [3.05, 3.63) is 34.6 Å². The topological polar surface area (TPSA) is 115 Å². The van der Waals surface area contributed by atoms with Crippen LogP contribution in [0.15, 0.2) is 25.3 Å². The molecule has 4 aromatic rings. The molecule has 0 bridgehead atoms. The maximum Gasteiger partial charge on any atom is 2.00 e. The SMILES string of the molecule is [Mn+2].[SH+]=c1[nH]cnc2nc[nH]c12.[SH+]=c1[nH]cnc2nc[nH]c12. The minimum Gasteiger partial charge on any atom is -0.337 e. The average Bonchev–Trinajstić information content (AvgIpc) is 3.08. The normalized spacial score (nSPS) is 9.90. The summed E-state index contributed by atoms with van der Waals surface area (Å²) >= 11 is 8.30. The Hall–Kier alpha value is -1.94. The molecular weight excluding hydrogens is 351 g/mol. The summed E-state index contributed by atoms with van der Waals surface area (Å²) in [5.74, 6) is 0. The van der Waals surface area contributed by atoms with Crippen LogP contribution in [0.25, 0.3) is 22.3 Å². The minimum atomic E-state index is 0. The number of fused-ring (bicyclic) bond motifs is 2. The van der Waals surface area contributed by atoms with E-state index in [1.807, 2.05) is 0 Å². The molecule has 0 fully saturated rings. The van der Waals surface area contributed by atoms with Crippen LogP contribution in [-0.2, 0) is 41.5 Å². The molecule has 0 aliphatic rings. The first kappa shape index (κ1) is 15.4. The van der Waals surface area contributed by atoms with Gasteiger partial charge < -0.3 is 9.97 Å². The zero-order valence-corrected chi connectivity index (χ0v) is 13.3. The fourth-order valence-corrected chi connectivity index (χ4v) is 2.02. The largest absolute Gasteiger partial charge is 2.00 e. The summed E-state index contributed by atoms with van der Waals surface area (Å²) in [5, 5.41) is 0. The summed E-state index contributed by atoms with van der Waals surface area (Å²) in [6.45, 7) is 0. The van der Waals surface area contributed by atoms with Gasteiger partial charge in [0.1, 0.15) is 0 Å². The van der Waals surface area contributed by atoms with Crippen molar-refractivity contribution in [3.8, 4) is 0 Å². The molecule has 8 nitrogen and oxygen atoms in total. The molecule has 0 spiro atoms. The summed E-state index contributed by atoms with van der Waals surface area (Å²) in [6.07, 6.45) is 6.30. The number of aromatic nitrogens is 8. The Morgan fingerprint density at radius 2 is 0.952 bits per heavy atom. The maximum atomic E-state index is 4.15. The van der Waals surface area contributed by atoms with Gasteiger partial charge in [-0.1, -0.05) is 0 Å². The van der Waals surface area contributed by atoms with Gasteiger partial charge in [0, 0.05) is 0 Å². The van der Waals surface area contributed by atoms with Gasteiger partial charge in [-0.3, -0.25) is 9.97 Å². The smallest absolute Gasteiger partial charge is 0.337 e. The minimum absolute atomic E-state index is 0. The van der Waals surface area contributed by atoms with E-state index in [-0.39, 0.29) is 17.1 Å². The molecule has 21 heavy (non-hydrogen) atoms. The molecule has 11 heteroatoms. The third-order valence-corrected chi connectivity index (χ3v) is 3.19. The molecule has 4 aromatic heterocycles. The van der Waals surface area contributed by atoms with E-state index in [1.165, 1.54) is 0 Å². The van der Waals surface area contributed by atoms with E-state index < -0.39 is 0 Å². The quantitative estimate of drug-likeness (QED) is 0.155. The van der Waals surface area contributed by atoms with Crippen LogP contribution >= 0.6 is 0 Å². The number of hydrogen-bond acceptors (Lipinski definition) is 4. The number of aromatic amines is 4. The molecule has 0 aliphatic carbocycles. The molecule has 0 saturated heterocycles. The Morgan fingerprint density at radius 3 is 1.29 bits per heavy atom. The molecular formula is C10H10MnN8S2+4. The number of hydrogen-bond donors (Lipinski definition) is 4. The molecule has 0 aromatic carbocycles. The third-order valence-electron chi connectivity index (χ3n) is 2.49. The molecule has 1 radical (unpaired) electrons. The first-order chi connectivity index (χ1) is 9.75. The van der Waals surface area contributed by atoms with Gasteiger partial charge >= 0.3 is 26.3 Å². The van der Waals surface area contributed by atoms with Crippen LogP contribution in [0.4, 0.5) is 0 Å². The Balaban J connectivity index is 0.000000147. The monoisotopic (exact) mass is 361 g/mol. The van der Waals surface area contributed by atoms with Crippen LogP contribution in [-0.4, -0.2) is 39.9 Å². The van der Waals surface area contributed by atoms with Crippen molar-refractivity contribution in [2.45, 2.75) is 0 Å². The van der Waals surface area contributed by atoms with Crippen LogP contribution in [0, 0.1) is 9.28 Å². The molecule has 0 aliphatic heterocycles. The summed E-state index contributed by atoms with van der Waals surface area (Å²) in [7, 11) is 0. The van der Waals surface area contributed by atoms with Crippen molar-refractivity contribution in [3.63, 3.8) is 0 Å². The Kier molecular flexibility index (Phi) is 4.91. The fraction of sp³-hybridized carbons (Fsp3) is 0. The zero-order chi connectivity index (χ0) is 13.9. The van der Waals surface area contributed by atoms with Crippen molar-refractivity contribution >= 4 is 46.8 Å².